The quantitative estimate of drug-likeness (QED) is 0.855. The molecule has 0 bridgehead atoms. The van der Waals surface area contributed by atoms with Crippen molar-refractivity contribution < 1.29 is 0 Å². The summed E-state index contributed by atoms with van der Waals surface area (Å²) in [6, 6.07) is 6.50. The topological polar surface area (TPSA) is 41.6 Å². The molecule has 0 unspecified atom stereocenters. The van der Waals surface area contributed by atoms with Gasteiger partial charge in [-0.25, -0.2) is 4.98 Å². The third-order valence-electron chi connectivity index (χ3n) is 2.76. The Labute approximate surface area is 95.9 Å². The van der Waals surface area contributed by atoms with E-state index in [0.29, 0.717) is 0 Å². The van der Waals surface area contributed by atoms with Crippen LogP contribution in [0, 0.1) is 13.8 Å². The second kappa shape index (κ2) is 4.47. The predicted molar refractivity (Wildman–Crippen MR) is 64.5 cm³/mol. The predicted octanol–water partition coefficient (Wildman–Crippen LogP) is 2.57. The zero-order valence-electron chi connectivity index (χ0n) is 10.0. The number of benzene rings is 1. The first kappa shape index (κ1) is 10.9. The van der Waals surface area contributed by atoms with Crippen LogP contribution >= 0.6 is 0 Å². The van der Waals surface area contributed by atoms with Crippen molar-refractivity contribution >= 4 is 0 Å². The molecule has 16 heavy (non-hydrogen) atoms. The van der Waals surface area contributed by atoms with E-state index in [-0.39, 0.29) is 0 Å². The number of aryl methyl sites for hydroxylation is 3. The summed E-state index contributed by atoms with van der Waals surface area (Å²) in [5.74, 6) is 1.84. The van der Waals surface area contributed by atoms with Crippen molar-refractivity contribution in [3.8, 4) is 0 Å². The summed E-state index contributed by atoms with van der Waals surface area (Å²) in [6.45, 7) is 6.30. The van der Waals surface area contributed by atoms with Gasteiger partial charge in [0, 0.05) is 12.8 Å². The SMILES string of the molecule is CCc1n[nH]c(Cc2cc(C)ccc2C)n1. The molecule has 0 saturated carbocycles. The Morgan fingerprint density at radius 2 is 2.06 bits per heavy atom. The number of nitrogens with one attached hydrogen (secondary N) is 1. The Kier molecular flexibility index (Phi) is 3.04. The molecule has 3 nitrogen and oxygen atoms in total. The molecule has 0 aliphatic carbocycles. The average Bonchev–Trinajstić information content (AvgIpc) is 2.71. The van der Waals surface area contributed by atoms with Gasteiger partial charge in [0.15, 0.2) is 0 Å². The first-order valence-corrected chi connectivity index (χ1v) is 5.65. The lowest BCUT2D eigenvalue weighted by Crippen LogP contribution is -1.95. The molecular weight excluding hydrogens is 198 g/mol. The molecule has 0 fully saturated rings. The highest BCUT2D eigenvalue weighted by atomic mass is 15.2. The van der Waals surface area contributed by atoms with E-state index in [0.717, 1.165) is 24.5 Å². The summed E-state index contributed by atoms with van der Waals surface area (Å²) in [6.07, 6.45) is 1.71. The van der Waals surface area contributed by atoms with Gasteiger partial charge in [0.2, 0.25) is 0 Å². The summed E-state index contributed by atoms with van der Waals surface area (Å²) in [7, 11) is 0. The second-order valence-corrected chi connectivity index (χ2v) is 4.16. The lowest BCUT2D eigenvalue weighted by molar-refractivity contribution is 0.941. The van der Waals surface area contributed by atoms with Gasteiger partial charge in [-0.05, 0) is 25.0 Å². The van der Waals surface area contributed by atoms with Crippen molar-refractivity contribution in [3.05, 3.63) is 46.5 Å². The molecule has 0 atom stereocenters. The number of aromatic nitrogens is 3. The molecule has 1 aromatic heterocycles. The van der Waals surface area contributed by atoms with Crippen LogP contribution in [0.4, 0.5) is 0 Å². The Morgan fingerprint density at radius 1 is 1.25 bits per heavy atom. The van der Waals surface area contributed by atoms with Crippen molar-refractivity contribution in [2.45, 2.75) is 33.6 Å². The maximum absolute atomic E-state index is 4.43. The molecule has 0 spiro atoms. The summed E-state index contributed by atoms with van der Waals surface area (Å²) in [5.41, 5.74) is 3.91. The van der Waals surface area contributed by atoms with E-state index in [9.17, 15) is 0 Å². The monoisotopic (exact) mass is 215 g/mol. The molecule has 1 N–H and O–H groups in total. The molecule has 84 valence electrons. The van der Waals surface area contributed by atoms with Crippen LogP contribution in [-0.2, 0) is 12.8 Å². The standard InChI is InChI=1S/C13H17N3/c1-4-12-14-13(16-15-12)8-11-7-9(2)5-6-10(11)3/h5-7H,4,8H2,1-3H3,(H,14,15,16). The van der Waals surface area contributed by atoms with Crippen molar-refractivity contribution in [2.24, 2.45) is 0 Å². The van der Waals surface area contributed by atoms with Crippen molar-refractivity contribution in [1.82, 2.24) is 15.2 Å². The van der Waals surface area contributed by atoms with Crippen LogP contribution in [-0.4, -0.2) is 15.2 Å². The van der Waals surface area contributed by atoms with E-state index in [1.165, 1.54) is 16.7 Å². The van der Waals surface area contributed by atoms with E-state index in [1.807, 2.05) is 0 Å². The summed E-state index contributed by atoms with van der Waals surface area (Å²) in [5, 5.41) is 7.14. The molecule has 0 radical (unpaired) electrons. The second-order valence-electron chi connectivity index (χ2n) is 4.16. The Bertz CT molecular complexity index is 486. The summed E-state index contributed by atoms with van der Waals surface area (Å²) < 4.78 is 0. The Morgan fingerprint density at radius 3 is 2.75 bits per heavy atom. The highest BCUT2D eigenvalue weighted by molar-refractivity contribution is 5.32. The van der Waals surface area contributed by atoms with Crippen molar-refractivity contribution in [1.29, 1.82) is 0 Å². The van der Waals surface area contributed by atoms with Crippen molar-refractivity contribution in [3.63, 3.8) is 0 Å². The van der Waals surface area contributed by atoms with Gasteiger partial charge in [-0.1, -0.05) is 30.7 Å². The van der Waals surface area contributed by atoms with E-state index in [4.69, 9.17) is 0 Å². The molecule has 2 rings (SSSR count). The highest BCUT2D eigenvalue weighted by Gasteiger charge is 2.05. The van der Waals surface area contributed by atoms with Crippen LogP contribution in [0.25, 0.3) is 0 Å². The molecule has 0 amide bonds. The first-order valence-electron chi connectivity index (χ1n) is 5.65. The zero-order valence-corrected chi connectivity index (χ0v) is 10.0. The number of rotatable bonds is 3. The minimum absolute atomic E-state index is 0.834. The van der Waals surface area contributed by atoms with E-state index in [2.05, 4.69) is 54.2 Å². The van der Waals surface area contributed by atoms with Crippen LogP contribution in [0.3, 0.4) is 0 Å². The number of hydrogen-bond acceptors (Lipinski definition) is 2. The van der Waals surface area contributed by atoms with Gasteiger partial charge in [0.1, 0.15) is 11.6 Å². The van der Waals surface area contributed by atoms with Gasteiger partial charge >= 0.3 is 0 Å². The number of hydrogen-bond donors (Lipinski definition) is 1. The molecule has 1 aromatic carbocycles. The molecule has 0 aliphatic heterocycles. The molecule has 0 saturated heterocycles. The smallest absolute Gasteiger partial charge is 0.150 e. The summed E-state index contributed by atoms with van der Waals surface area (Å²) in [4.78, 5) is 4.43. The average molecular weight is 215 g/mol. The van der Waals surface area contributed by atoms with Gasteiger partial charge in [-0.2, -0.15) is 5.10 Å². The van der Waals surface area contributed by atoms with Gasteiger partial charge in [0.05, 0.1) is 0 Å². The zero-order chi connectivity index (χ0) is 11.5. The lowest BCUT2D eigenvalue weighted by Gasteiger charge is -2.04. The number of nitrogens with zero attached hydrogens (tertiary/aromatic N) is 2. The highest BCUT2D eigenvalue weighted by Crippen LogP contribution is 2.13. The first-order chi connectivity index (χ1) is 7.69. The maximum atomic E-state index is 4.43. The minimum Gasteiger partial charge on any atom is -0.263 e. The number of H-pyrrole nitrogens is 1. The largest absolute Gasteiger partial charge is 0.263 e. The van der Waals surface area contributed by atoms with Gasteiger partial charge in [-0.15, -0.1) is 0 Å². The Hall–Kier alpha value is -1.64. The van der Waals surface area contributed by atoms with Gasteiger partial charge in [-0.3, -0.25) is 5.10 Å². The van der Waals surface area contributed by atoms with Crippen LogP contribution in [0.2, 0.25) is 0 Å². The van der Waals surface area contributed by atoms with E-state index < -0.39 is 0 Å². The fraction of sp³-hybridized carbons (Fsp3) is 0.385. The van der Waals surface area contributed by atoms with Crippen LogP contribution < -0.4 is 0 Å². The third kappa shape index (κ3) is 2.30. The van der Waals surface area contributed by atoms with Crippen LogP contribution in [0.1, 0.15) is 35.3 Å². The normalized spacial score (nSPS) is 10.7. The maximum Gasteiger partial charge on any atom is 0.150 e. The molecular formula is C13H17N3. The van der Waals surface area contributed by atoms with Gasteiger partial charge < -0.3 is 0 Å². The Balaban J connectivity index is 2.22. The lowest BCUT2D eigenvalue weighted by atomic mass is 10.0. The molecule has 2 aromatic rings. The fourth-order valence-corrected chi connectivity index (χ4v) is 1.74. The number of aromatic amines is 1. The molecule has 0 aliphatic rings. The van der Waals surface area contributed by atoms with E-state index >= 15 is 0 Å². The molecule has 1 heterocycles. The van der Waals surface area contributed by atoms with Crippen LogP contribution in [0.5, 0.6) is 0 Å². The van der Waals surface area contributed by atoms with Crippen LogP contribution in [0.15, 0.2) is 18.2 Å². The summed E-state index contributed by atoms with van der Waals surface area (Å²) >= 11 is 0. The minimum atomic E-state index is 0.834. The third-order valence-corrected chi connectivity index (χ3v) is 2.76. The van der Waals surface area contributed by atoms with Gasteiger partial charge in [0.25, 0.3) is 0 Å². The molecule has 3 heteroatoms. The van der Waals surface area contributed by atoms with E-state index in [1.54, 1.807) is 0 Å². The van der Waals surface area contributed by atoms with Crippen molar-refractivity contribution in [2.75, 3.05) is 0 Å². The fourth-order valence-electron chi connectivity index (χ4n) is 1.74.